The highest BCUT2D eigenvalue weighted by Crippen LogP contribution is 2.62. The molecule has 1 fully saturated rings. The Hall–Kier alpha value is -1.65. The van der Waals surface area contributed by atoms with Crippen LogP contribution in [0.15, 0.2) is 0 Å². The van der Waals surface area contributed by atoms with E-state index in [2.05, 4.69) is 0 Å². The Kier molecular flexibility index (Phi) is 8.13. The molecule has 0 radical (unpaired) electrons. The lowest BCUT2D eigenvalue weighted by atomic mass is 9.89. The van der Waals surface area contributed by atoms with Gasteiger partial charge in [-0.15, -0.1) is 0 Å². The molecule has 0 unspecified atom stereocenters. The SMILES string of the molecule is O=C(NC1CCCCCC1)C(F)(F)C(F)(F)C(F)(F)C(F)(F)C(F)(F)C(F)(F)C(F)(F)C(F)F. The summed E-state index contributed by atoms with van der Waals surface area (Å²) in [5.74, 6) is -59.2. The Morgan fingerprint density at radius 1 is 0.588 bits per heavy atom. The minimum atomic E-state index is -8.50. The van der Waals surface area contributed by atoms with E-state index in [4.69, 9.17) is 0 Å². The van der Waals surface area contributed by atoms with Crippen molar-refractivity contribution in [2.24, 2.45) is 0 Å². The molecule has 0 saturated heterocycles. The fourth-order valence-electron chi connectivity index (χ4n) is 2.98. The van der Waals surface area contributed by atoms with Crippen molar-refractivity contribution in [1.82, 2.24) is 5.32 Å². The third-order valence-corrected chi connectivity index (χ3v) is 5.14. The molecule has 1 amide bonds. The molecule has 1 aliphatic carbocycles. The lowest BCUT2D eigenvalue weighted by molar-refractivity contribution is -0.443. The predicted octanol–water partition coefficient (Wildman–Crippen LogP) is 6.54. The summed E-state index contributed by atoms with van der Waals surface area (Å²) >= 11 is 0. The second kappa shape index (κ2) is 9.09. The number of nitrogens with one attached hydrogen (secondary N) is 1. The molecule has 0 spiro atoms. The number of halogens is 16. The molecule has 34 heavy (non-hydrogen) atoms. The summed E-state index contributed by atoms with van der Waals surface area (Å²) in [5.41, 5.74) is 0. The van der Waals surface area contributed by atoms with Crippen LogP contribution in [0.25, 0.3) is 0 Å². The number of hydrogen-bond acceptors (Lipinski definition) is 1. The summed E-state index contributed by atoms with van der Waals surface area (Å²) in [6.45, 7) is 0. The van der Waals surface area contributed by atoms with Gasteiger partial charge in [0, 0.05) is 6.04 Å². The summed E-state index contributed by atoms with van der Waals surface area (Å²) in [6, 6.07) is -1.36. The van der Waals surface area contributed by atoms with Crippen molar-refractivity contribution >= 4 is 5.91 Å². The smallest absolute Gasteiger partial charge is 0.348 e. The zero-order valence-electron chi connectivity index (χ0n) is 16.4. The van der Waals surface area contributed by atoms with Crippen molar-refractivity contribution in [3.8, 4) is 0 Å². The van der Waals surface area contributed by atoms with Crippen molar-refractivity contribution in [1.29, 1.82) is 0 Å². The number of alkyl halides is 16. The van der Waals surface area contributed by atoms with Crippen molar-refractivity contribution in [3.63, 3.8) is 0 Å². The first kappa shape index (κ1) is 30.4. The molecule has 0 aromatic carbocycles. The molecule has 0 heterocycles. The van der Waals surface area contributed by atoms with E-state index in [0.717, 1.165) is 5.32 Å². The Morgan fingerprint density at radius 3 is 1.32 bits per heavy atom. The largest absolute Gasteiger partial charge is 0.392 e. The molecule has 1 N–H and O–H groups in total. The molecule has 0 aliphatic heterocycles. The van der Waals surface area contributed by atoms with Crippen LogP contribution in [0.4, 0.5) is 70.2 Å². The van der Waals surface area contributed by atoms with Gasteiger partial charge in [-0.3, -0.25) is 4.79 Å². The second-order valence-corrected chi connectivity index (χ2v) is 7.53. The van der Waals surface area contributed by atoms with Gasteiger partial charge in [0.25, 0.3) is 5.91 Å². The molecule has 1 rings (SSSR count). The average molecular weight is 541 g/mol. The Morgan fingerprint density at radius 2 is 0.941 bits per heavy atom. The molecule has 2 nitrogen and oxygen atoms in total. The van der Waals surface area contributed by atoms with Gasteiger partial charge in [-0.25, -0.2) is 8.78 Å². The van der Waals surface area contributed by atoms with Crippen LogP contribution in [0, 0.1) is 0 Å². The van der Waals surface area contributed by atoms with Gasteiger partial charge in [-0.05, 0) is 12.8 Å². The molecule has 1 saturated carbocycles. The summed E-state index contributed by atoms with van der Waals surface area (Å²) in [6.07, 6.45) is -4.81. The second-order valence-electron chi connectivity index (χ2n) is 7.53. The minimum Gasteiger partial charge on any atom is -0.348 e. The van der Waals surface area contributed by atoms with Crippen LogP contribution in [0.1, 0.15) is 38.5 Å². The third kappa shape index (κ3) is 4.37. The lowest BCUT2D eigenvalue weighted by Crippen LogP contribution is -2.75. The van der Waals surface area contributed by atoms with E-state index in [0.29, 0.717) is 12.8 Å². The zero-order chi connectivity index (χ0) is 27.2. The highest BCUT2D eigenvalue weighted by Gasteiger charge is 2.94. The maximum atomic E-state index is 13.8. The van der Waals surface area contributed by atoms with E-state index in [9.17, 15) is 75.0 Å². The molecular formula is C16H15F16NO. The van der Waals surface area contributed by atoms with Crippen molar-refractivity contribution in [3.05, 3.63) is 0 Å². The Bertz CT molecular complexity index is 727. The maximum absolute atomic E-state index is 13.8. The number of carbonyl (C=O) groups excluding carboxylic acids is 1. The summed E-state index contributed by atoms with van der Waals surface area (Å²) in [5, 5.41) is 1.13. The molecular weight excluding hydrogens is 526 g/mol. The Labute approximate surface area is 180 Å². The van der Waals surface area contributed by atoms with Gasteiger partial charge in [0.15, 0.2) is 0 Å². The minimum absolute atomic E-state index is 0.160. The van der Waals surface area contributed by atoms with Gasteiger partial charge in [0.2, 0.25) is 0 Å². The lowest BCUT2D eigenvalue weighted by Gasteiger charge is -2.42. The van der Waals surface area contributed by atoms with Gasteiger partial charge < -0.3 is 5.32 Å². The van der Waals surface area contributed by atoms with E-state index in [-0.39, 0.29) is 25.7 Å². The highest BCUT2D eigenvalue weighted by molar-refractivity contribution is 5.85. The number of carbonyl (C=O) groups is 1. The molecule has 0 atom stereocenters. The van der Waals surface area contributed by atoms with E-state index >= 15 is 0 Å². The van der Waals surface area contributed by atoms with E-state index in [1.165, 1.54) is 0 Å². The Balaban J connectivity index is 3.42. The first-order valence-electron chi connectivity index (χ1n) is 9.18. The molecule has 0 aromatic rings. The van der Waals surface area contributed by atoms with E-state index < -0.39 is 59.8 Å². The van der Waals surface area contributed by atoms with Gasteiger partial charge in [0.05, 0.1) is 0 Å². The number of rotatable bonds is 9. The quantitative estimate of drug-likeness (QED) is 0.261. The summed E-state index contributed by atoms with van der Waals surface area (Å²) in [7, 11) is 0. The monoisotopic (exact) mass is 541 g/mol. The molecule has 1 aliphatic rings. The summed E-state index contributed by atoms with van der Waals surface area (Å²) < 4.78 is 212. The van der Waals surface area contributed by atoms with Crippen LogP contribution in [0.3, 0.4) is 0 Å². The molecule has 202 valence electrons. The average Bonchev–Trinajstić information content (AvgIpc) is 2.95. The standard InChI is InChI=1S/C16H15F16NO/c17-8(18)10(19,20)12(23,24)14(27,28)16(31,32)15(29,30)13(25,26)11(21,22)9(34)33-7-5-3-1-2-4-6-7/h7-8H,1-6H2,(H,33,34). The van der Waals surface area contributed by atoms with Crippen LogP contribution in [-0.2, 0) is 4.79 Å². The maximum Gasteiger partial charge on any atom is 0.392 e. The van der Waals surface area contributed by atoms with Crippen LogP contribution < -0.4 is 5.32 Å². The first-order chi connectivity index (χ1) is 14.9. The fourth-order valence-corrected chi connectivity index (χ4v) is 2.98. The van der Waals surface area contributed by atoms with E-state index in [1.54, 1.807) is 0 Å². The van der Waals surface area contributed by atoms with Gasteiger partial charge >= 0.3 is 47.9 Å². The highest BCUT2D eigenvalue weighted by atomic mass is 19.4. The fraction of sp³-hybridized carbons (Fsp3) is 0.938. The molecule has 0 aromatic heterocycles. The normalized spacial score (nSPS) is 18.7. The van der Waals surface area contributed by atoms with Crippen LogP contribution in [0.2, 0.25) is 0 Å². The van der Waals surface area contributed by atoms with Gasteiger partial charge in [-0.2, -0.15) is 61.5 Å². The predicted molar refractivity (Wildman–Crippen MR) is 80.3 cm³/mol. The van der Waals surface area contributed by atoms with Crippen LogP contribution >= 0.6 is 0 Å². The van der Waals surface area contributed by atoms with Gasteiger partial charge in [0.1, 0.15) is 0 Å². The topological polar surface area (TPSA) is 29.1 Å². The van der Waals surface area contributed by atoms with Crippen LogP contribution in [0.5, 0.6) is 0 Å². The van der Waals surface area contributed by atoms with E-state index in [1.807, 2.05) is 0 Å². The summed E-state index contributed by atoms with van der Waals surface area (Å²) in [4.78, 5) is 11.5. The molecule has 18 heteroatoms. The van der Waals surface area contributed by atoms with Crippen molar-refractivity contribution in [2.75, 3.05) is 0 Å². The van der Waals surface area contributed by atoms with Crippen molar-refractivity contribution in [2.45, 2.75) is 92.4 Å². The first-order valence-corrected chi connectivity index (χ1v) is 9.18. The third-order valence-electron chi connectivity index (χ3n) is 5.14. The number of hydrogen-bond donors (Lipinski definition) is 1. The number of amides is 1. The zero-order valence-corrected chi connectivity index (χ0v) is 16.4. The van der Waals surface area contributed by atoms with Crippen molar-refractivity contribution < 1.29 is 75.0 Å². The van der Waals surface area contributed by atoms with Crippen LogP contribution in [-0.4, -0.2) is 59.8 Å². The van der Waals surface area contributed by atoms with Gasteiger partial charge in [-0.1, -0.05) is 25.7 Å². The molecule has 0 bridgehead atoms.